The van der Waals surface area contributed by atoms with Gasteiger partial charge in [0.2, 0.25) is 9.84 Å². The number of furan rings is 1. The largest absolute Gasteiger partial charge is 0.467 e. The lowest BCUT2D eigenvalue weighted by Gasteiger charge is -2.10. The van der Waals surface area contributed by atoms with Crippen LogP contribution in [0.5, 0.6) is 0 Å². The van der Waals surface area contributed by atoms with Crippen LogP contribution in [0.25, 0.3) is 5.70 Å². The number of fused-ring (bicyclic) bond motifs is 1. The predicted octanol–water partition coefficient (Wildman–Crippen LogP) is 3.16. The third-order valence-corrected chi connectivity index (χ3v) is 6.06. The summed E-state index contributed by atoms with van der Waals surface area (Å²) in [6, 6.07) is 18.8. The molecule has 2 aromatic carbocycles. The number of rotatable bonds is 5. The summed E-state index contributed by atoms with van der Waals surface area (Å²) in [5.41, 5.74) is 1.27. The van der Waals surface area contributed by atoms with E-state index in [0.29, 0.717) is 17.0 Å². The van der Waals surface area contributed by atoms with Crippen molar-refractivity contribution < 1.29 is 17.6 Å². The Bertz CT molecular complexity index is 1120. The molecule has 136 valence electrons. The van der Waals surface area contributed by atoms with Crippen LogP contribution in [0.1, 0.15) is 11.3 Å². The van der Waals surface area contributed by atoms with Gasteiger partial charge in [-0.15, -0.1) is 0 Å². The molecular weight excluding hydrogens is 364 g/mol. The maximum atomic E-state index is 13.0. The lowest BCUT2D eigenvalue weighted by Crippen LogP contribution is -2.22. The van der Waals surface area contributed by atoms with E-state index in [1.807, 2.05) is 6.07 Å². The molecule has 2 heterocycles. The Morgan fingerprint density at radius 1 is 0.926 bits per heavy atom. The molecule has 0 saturated carbocycles. The molecule has 1 aliphatic rings. The quantitative estimate of drug-likeness (QED) is 0.710. The molecule has 0 spiro atoms. The van der Waals surface area contributed by atoms with Crippen LogP contribution < -0.4 is 10.6 Å². The van der Waals surface area contributed by atoms with E-state index in [-0.39, 0.29) is 22.0 Å². The molecule has 7 heteroatoms. The van der Waals surface area contributed by atoms with Gasteiger partial charge in [0.05, 0.1) is 23.4 Å². The maximum absolute atomic E-state index is 13.0. The molecule has 0 atom stereocenters. The summed E-state index contributed by atoms with van der Waals surface area (Å²) in [5, 5.41) is 5.72. The van der Waals surface area contributed by atoms with E-state index in [1.165, 1.54) is 12.3 Å². The van der Waals surface area contributed by atoms with Crippen LogP contribution >= 0.6 is 0 Å². The maximum Gasteiger partial charge on any atom is 0.269 e. The highest BCUT2D eigenvalue weighted by Crippen LogP contribution is 2.38. The molecule has 1 amide bonds. The first kappa shape index (κ1) is 17.1. The minimum absolute atomic E-state index is 0.116. The van der Waals surface area contributed by atoms with E-state index in [1.54, 1.807) is 54.6 Å². The van der Waals surface area contributed by atoms with E-state index in [2.05, 4.69) is 10.6 Å². The number of sulfone groups is 1. The summed E-state index contributed by atoms with van der Waals surface area (Å²) in [7, 11) is -3.93. The highest BCUT2D eigenvalue weighted by molar-refractivity contribution is 7.97. The Kier molecular flexibility index (Phi) is 4.29. The van der Waals surface area contributed by atoms with Crippen molar-refractivity contribution in [1.82, 2.24) is 5.32 Å². The first-order valence-corrected chi connectivity index (χ1v) is 9.77. The lowest BCUT2D eigenvalue weighted by atomic mass is 10.1. The summed E-state index contributed by atoms with van der Waals surface area (Å²) in [4.78, 5) is 12.7. The van der Waals surface area contributed by atoms with Crippen LogP contribution in [0.4, 0.5) is 5.69 Å². The molecule has 0 radical (unpaired) electrons. The fourth-order valence-electron chi connectivity index (χ4n) is 2.98. The summed E-state index contributed by atoms with van der Waals surface area (Å²) in [5.74, 6) is -0.0496. The zero-order valence-electron chi connectivity index (χ0n) is 14.2. The van der Waals surface area contributed by atoms with Gasteiger partial charge in [-0.1, -0.05) is 36.4 Å². The van der Waals surface area contributed by atoms with Gasteiger partial charge >= 0.3 is 0 Å². The van der Waals surface area contributed by atoms with E-state index in [4.69, 9.17) is 4.42 Å². The number of nitrogens with one attached hydrogen (secondary N) is 2. The number of hydrogen-bond donors (Lipinski definition) is 2. The molecule has 3 aromatic rings. The average Bonchev–Trinajstić information content (AvgIpc) is 3.26. The second-order valence-electron chi connectivity index (χ2n) is 5.96. The number of benzene rings is 2. The second-order valence-corrected chi connectivity index (χ2v) is 7.81. The van der Waals surface area contributed by atoms with Gasteiger partial charge < -0.3 is 15.1 Å². The summed E-state index contributed by atoms with van der Waals surface area (Å²) < 4.78 is 31.3. The van der Waals surface area contributed by atoms with Gasteiger partial charge in [-0.3, -0.25) is 4.79 Å². The molecule has 1 aromatic heterocycles. The molecule has 0 fully saturated rings. The number of amides is 1. The van der Waals surface area contributed by atoms with Crippen LogP contribution in [-0.2, 0) is 21.2 Å². The number of para-hydroxylation sites is 1. The Labute approximate surface area is 156 Å². The zero-order chi connectivity index (χ0) is 18.9. The van der Waals surface area contributed by atoms with Gasteiger partial charge in [0, 0.05) is 11.3 Å². The van der Waals surface area contributed by atoms with Gasteiger partial charge in [-0.2, -0.15) is 0 Å². The zero-order valence-corrected chi connectivity index (χ0v) is 15.0. The van der Waals surface area contributed by atoms with Crippen molar-refractivity contribution in [3.63, 3.8) is 0 Å². The number of carbonyl (C=O) groups excluding carboxylic acids is 1. The van der Waals surface area contributed by atoms with Crippen molar-refractivity contribution in [1.29, 1.82) is 0 Å². The molecular formula is C20H16N2O4S. The number of hydrogen-bond acceptors (Lipinski definition) is 5. The van der Waals surface area contributed by atoms with Crippen molar-refractivity contribution in [3.8, 4) is 0 Å². The van der Waals surface area contributed by atoms with Gasteiger partial charge in [-0.25, -0.2) is 8.42 Å². The Morgan fingerprint density at radius 3 is 2.41 bits per heavy atom. The summed E-state index contributed by atoms with van der Waals surface area (Å²) in [6.07, 6.45) is 1.54. The third kappa shape index (κ3) is 3.13. The molecule has 4 rings (SSSR count). The lowest BCUT2D eigenvalue weighted by molar-refractivity contribution is -0.112. The standard InChI is InChI=1S/C20H16N2O4S/c23-20(22-14-7-2-1-3-8-14)19-18(21-13-15-9-6-12-26-15)16-10-4-5-11-17(16)27(19,24)25/h1-12,21H,13H2,(H,22,23). The second kappa shape index (κ2) is 6.77. The SMILES string of the molecule is O=C(Nc1ccccc1)C1=C(NCc2ccco2)c2ccccc2S1(=O)=O. The van der Waals surface area contributed by atoms with Crippen molar-refractivity contribution in [2.75, 3.05) is 5.32 Å². The average molecular weight is 380 g/mol. The third-order valence-electron chi connectivity index (χ3n) is 4.20. The molecule has 6 nitrogen and oxygen atoms in total. The van der Waals surface area contributed by atoms with E-state index < -0.39 is 15.7 Å². The van der Waals surface area contributed by atoms with Crippen molar-refractivity contribution >= 4 is 27.1 Å². The Balaban J connectivity index is 1.75. The highest BCUT2D eigenvalue weighted by Gasteiger charge is 2.39. The molecule has 0 saturated heterocycles. The van der Waals surface area contributed by atoms with Gasteiger partial charge in [0.25, 0.3) is 5.91 Å². The molecule has 0 unspecified atom stereocenters. The van der Waals surface area contributed by atoms with Crippen LogP contribution in [-0.4, -0.2) is 14.3 Å². The van der Waals surface area contributed by atoms with E-state index in [9.17, 15) is 13.2 Å². The molecule has 0 bridgehead atoms. The Morgan fingerprint density at radius 2 is 1.67 bits per heavy atom. The topological polar surface area (TPSA) is 88.4 Å². The van der Waals surface area contributed by atoms with Crippen LogP contribution in [0.3, 0.4) is 0 Å². The van der Waals surface area contributed by atoms with Gasteiger partial charge in [0.15, 0.2) is 4.91 Å². The predicted molar refractivity (Wildman–Crippen MR) is 101 cm³/mol. The van der Waals surface area contributed by atoms with Crippen LogP contribution in [0.15, 0.2) is 87.2 Å². The van der Waals surface area contributed by atoms with Gasteiger partial charge in [0.1, 0.15) is 5.76 Å². The Hall–Kier alpha value is -3.32. The summed E-state index contributed by atoms with van der Waals surface area (Å²) in [6.45, 7) is 0.258. The fourth-order valence-corrected chi connectivity index (χ4v) is 4.67. The summed E-state index contributed by atoms with van der Waals surface area (Å²) >= 11 is 0. The fraction of sp³-hybridized carbons (Fsp3) is 0.0500. The van der Waals surface area contributed by atoms with Crippen LogP contribution in [0, 0.1) is 0 Å². The van der Waals surface area contributed by atoms with Crippen molar-refractivity contribution in [2.24, 2.45) is 0 Å². The first-order valence-electron chi connectivity index (χ1n) is 8.29. The van der Waals surface area contributed by atoms with Gasteiger partial charge in [-0.05, 0) is 30.3 Å². The monoisotopic (exact) mass is 380 g/mol. The van der Waals surface area contributed by atoms with E-state index >= 15 is 0 Å². The normalized spacial score (nSPS) is 14.7. The molecule has 1 aliphatic heterocycles. The molecule has 0 aliphatic carbocycles. The van der Waals surface area contributed by atoms with Crippen LogP contribution in [0.2, 0.25) is 0 Å². The van der Waals surface area contributed by atoms with Crippen molar-refractivity contribution in [3.05, 3.63) is 89.2 Å². The van der Waals surface area contributed by atoms with Crippen molar-refractivity contribution in [2.45, 2.75) is 11.4 Å². The molecule has 27 heavy (non-hydrogen) atoms. The van der Waals surface area contributed by atoms with E-state index in [0.717, 1.165) is 0 Å². The molecule has 2 N–H and O–H groups in total. The number of carbonyl (C=O) groups is 1. The number of anilines is 1. The smallest absolute Gasteiger partial charge is 0.269 e. The minimum Gasteiger partial charge on any atom is -0.467 e. The highest BCUT2D eigenvalue weighted by atomic mass is 32.2. The minimum atomic E-state index is -3.93. The first-order chi connectivity index (χ1) is 13.1.